The molecular formula is C24H17N3O5S2. The van der Waals surface area contributed by atoms with Gasteiger partial charge in [-0.25, -0.2) is 0 Å². The van der Waals surface area contributed by atoms with E-state index in [0.29, 0.717) is 32.1 Å². The third-order valence-corrected chi connectivity index (χ3v) is 6.43. The molecule has 3 aromatic heterocycles. The van der Waals surface area contributed by atoms with Crippen LogP contribution in [0.4, 0.5) is 0 Å². The first kappa shape index (κ1) is 21.9. The third kappa shape index (κ3) is 4.20. The highest BCUT2D eigenvalue weighted by molar-refractivity contribution is 8.26. The minimum Gasteiger partial charge on any atom is -0.497 e. The van der Waals surface area contributed by atoms with Gasteiger partial charge < -0.3 is 13.9 Å². The van der Waals surface area contributed by atoms with Crippen molar-refractivity contribution in [3.05, 3.63) is 93.6 Å². The van der Waals surface area contributed by atoms with Gasteiger partial charge in [-0.15, -0.1) is 0 Å². The summed E-state index contributed by atoms with van der Waals surface area (Å²) in [5.74, 6) is 1.50. The van der Waals surface area contributed by atoms with Crippen LogP contribution in [0.5, 0.6) is 17.4 Å². The van der Waals surface area contributed by atoms with Gasteiger partial charge in [0.1, 0.15) is 32.8 Å². The van der Waals surface area contributed by atoms with E-state index in [2.05, 4.69) is 4.98 Å². The van der Waals surface area contributed by atoms with E-state index in [1.54, 1.807) is 67.9 Å². The first-order valence-corrected chi connectivity index (χ1v) is 11.4. The number of thioether (sulfide) groups is 1. The number of aromatic nitrogens is 2. The number of ether oxygens (including phenoxy) is 2. The van der Waals surface area contributed by atoms with Gasteiger partial charge in [-0.1, -0.05) is 30.0 Å². The molecule has 1 fully saturated rings. The fourth-order valence-electron chi connectivity index (χ4n) is 3.36. The molecule has 0 aliphatic carbocycles. The van der Waals surface area contributed by atoms with Crippen LogP contribution in [0.2, 0.25) is 0 Å². The van der Waals surface area contributed by atoms with Crippen molar-refractivity contribution in [3.8, 4) is 17.4 Å². The summed E-state index contributed by atoms with van der Waals surface area (Å²) in [6.45, 7) is 0.208. The van der Waals surface area contributed by atoms with E-state index in [1.165, 1.54) is 21.6 Å². The van der Waals surface area contributed by atoms with Gasteiger partial charge in [0.15, 0.2) is 0 Å². The Morgan fingerprint density at radius 3 is 2.62 bits per heavy atom. The predicted octanol–water partition coefficient (Wildman–Crippen LogP) is 4.49. The summed E-state index contributed by atoms with van der Waals surface area (Å²) in [5.41, 5.74) is 0.182. The Morgan fingerprint density at radius 1 is 1.09 bits per heavy atom. The predicted molar refractivity (Wildman–Crippen MR) is 132 cm³/mol. The van der Waals surface area contributed by atoms with Gasteiger partial charge in [0, 0.05) is 6.20 Å². The lowest BCUT2D eigenvalue weighted by atomic mass is 10.2. The lowest BCUT2D eigenvalue weighted by Crippen LogP contribution is -2.27. The minimum atomic E-state index is -0.370. The molecule has 1 aromatic carbocycles. The van der Waals surface area contributed by atoms with Gasteiger partial charge in [0.25, 0.3) is 11.5 Å². The molecule has 170 valence electrons. The number of furan rings is 1. The van der Waals surface area contributed by atoms with Crippen LogP contribution in [0.3, 0.4) is 0 Å². The summed E-state index contributed by atoms with van der Waals surface area (Å²) in [7, 11) is 1.57. The molecule has 4 heterocycles. The number of carbonyl (C=O) groups is 1. The Morgan fingerprint density at radius 2 is 1.88 bits per heavy atom. The fourth-order valence-corrected chi connectivity index (χ4v) is 4.60. The quantitative estimate of drug-likeness (QED) is 0.288. The van der Waals surface area contributed by atoms with Crippen LogP contribution in [0.1, 0.15) is 11.3 Å². The van der Waals surface area contributed by atoms with E-state index in [1.807, 2.05) is 0 Å². The van der Waals surface area contributed by atoms with Crippen LogP contribution < -0.4 is 15.0 Å². The van der Waals surface area contributed by atoms with E-state index >= 15 is 0 Å². The molecule has 0 bridgehead atoms. The number of amides is 1. The van der Waals surface area contributed by atoms with Gasteiger partial charge >= 0.3 is 0 Å². The molecule has 0 atom stereocenters. The highest BCUT2D eigenvalue weighted by Crippen LogP contribution is 2.35. The maximum Gasteiger partial charge on any atom is 0.269 e. The molecule has 0 unspecified atom stereocenters. The monoisotopic (exact) mass is 491 g/mol. The summed E-state index contributed by atoms with van der Waals surface area (Å²) in [6, 6.07) is 15.6. The first-order valence-electron chi connectivity index (χ1n) is 10.1. The van der Waals surface area contributed by atoms with Gasteiger partial charge in [-0.2, -0.15) is 4.98 Å². The second-order valence-electron chi connectivity index (χ2n) is 7.19. The summed E-state index contributed by atoms with van der Waals surface area (Å²) in [4.78, 5) is 32.7. The molecule has 4 aromatic rings. The number of carbonyl (C=O) groups excluding carboxylic acids is 1. The molecule has 8 nitrogen and oxygen atoms in total. The molecule has 0 spiro atoms. The summed E-state index contributed by atoms with van der Waals surface area (Å²) < 4.78 is 18.3. The van der Waals surface area contributed by atoms with Crippen LogP contribution in [-0.2, 0) is 11.3 Å². The molecule has 0 radical (unpaired) electrons. The number of benzene rings is 1. The summed E-state index contributed by atoms with van der Waals surface area (Å²) in [5, 5.41) is 0. The molecule has 5 rings (SSSR count). The van der Waals surface area contributed by atoms with Gasteiger partial charge in [-0.3, -0.25) is 18.9 Å². The van der Waals surface area contributed by atoms with E-state index in [4.69, 9.17) is 26.1 Å². The van der Waals surface area contributed by atoms with E-state index in [-0.39, 0.29) is 29.5 Å². The molecule has 0 N–H and O–H groups in total. The van der Waals surface area contributed by atoms with Crippen molar-refractivity contribution in [1.82, 2.24) is 14.3 Å². The molecule has 0 saturated carbocycles. The number of hydrogen-bond donors (Lipinski definition) is 0. The van der Waals surface area contributed by atoms with Crippen LogP contribution in [0, 0.1) is 0 Å². The number of methoxy groups -OCH3 is 1. The topological polar surface area (TPSA) is 86.3 Å². The van der Waals surface area contributed by atoms with Crippen molar-refractivity contribution >= 4 is 45.9 Å². The number of nitrogens with zero attached hydrogens (tertiary/aromatic N) is 3. The fraction of sp³-hybridized carbons (Fsp3) is 0.0833. The van der Waals surface area contributed by atoms with Crippen molar-refractivity contribution in [1.29, 1.82) is 0 Å². The molecule has 1 aliphatic heterocycles. The molecule has 1 saturated heterocycles. The molecule has 1 amide bonds. The maximum atomic E-state index is 13.4. The average Bonchev–Trinajstić information content (AvgIpc) is 3.46. The first-order chi connectivity index (χ1) is 16.5. The zero-order chi connectivity index (χ0) is 23.7. The molecular weight excluding hydrogens is 474 g/mol. The van der Waals surface area contributed by atoms with E-state index in [9.17, 15) is 9.59 Å². The second kappa shape index (κ2) is 9.16. The van der Waals surface area contributed by atoms with E-state index in [0.717, 1.165) is 11.8 Å². The van der Waals surface area contributed by atoms with Crippen LogP contribution >= 0.6 is 24.0 Å². The lowest BCUT2D eigenvalue weighted by molar-refractivity contribution is -0.122. The van der Waals surface area contributed by atoms with Gasteiger partial charge in [0.05, 0.1) is 24.8 Å². The number of fused-ring (bicyclic) bond motifs is 1. The van der Waals surface area contributed by atoms with Crippen molar-refractivity contribution in [3.63, 3.8) is 0 Å². The normalized spacial score (nSPS) is 14.9. The zero-order valence-electron chi connectivity index (χ0n) is 17.8. The molecule has 1 aliphatic rings. The Bertz CT molecular complexity index is 1480. The number of thiocarbonyl (C=S) groups is 1. The maximum absolute atomic E-state index is 13.4. The van der Waals surface area contributed by atoms with Crippen LogP contribution in [-0.4, -0.2) is 31.6 Å². The van der Waals surface area contributed by atoms with Crippen molar-refractivity contribution < 1.29 is 18.7 Å². The van der Waals surface area contributed by atoms with Crippen LogP contribution in [0.25, 0.3) is 11.7 Å². The lowest BCUT2D eigenvalue weighted by Gasteiger charge is -2.12. The number of pyridine rings is 1. The summed E-state index contributed by atoms with van der Waals surface area (Å²) >= 11 is 6.51. The van der Waals surface area contributed by atoms with Gasteiger partial charge in [-0.05, 0) is 54.6 Å². The van der Waals surface area contributed by atoms with E-state index < -0.39 is 0 Å². The van der Waals surface area contributed by atoms with Crippen molar-refractivity contribution in [2.75, 3.05) is 7.11 Å². The van der Waals surface area contributed by atoms with Crippen molar-refractivity contribution in [2.45, 2.75) is 6.54 Å². The number of hydrogen-bond acceptors (Lipinski definition) is 8. The summed E-state index contributed by atoms with van der Waals surface area (Å²) in [6.07, 6.45) is 4.63. The Balaban J connectivity index is 1.56. The standard InChI is InChI=1S/C24H17N3O5S2/c1-30-15-7-9-16(10-8-15)32-21-18(22(28)26-11-3-2-6-20(26)25-21)13-19-23(29)27(24(33)34-19)14-17-5-4-12-31-17/h2-13H,14H2,1H3. The average molecular weight is 492 g/mol. The third-order valence-electron chi connectivity index (χ3n) is 5.05. The van der Waals surface area contributed by atoms with Crippen molar-refractivity contribution in [2.24, 2.45) is 0 Å². The minimum absolute atomic E-state index is 0.0812. The Kier molecular flexibility index (Phi) is 5.91. The van der Waals surface area contributed by atoms with Gasteiger partial charge in [0.2, 0.25) is 5.88 Å². The molecule has 10 heteroatoms. The largest absolute Gasteiger partial charge is 0.497 e. The smallest absolute Gasteiger partial charge is 0.269 e. The Labute approximate surface area is 203 Å². The SMILES string of the molecule is COc1ccc(Oc2nc3ccccn3c(=O)c2C=C2SC(=S)N(Cc3ccco3)C2=O)cc1. The highest BCUT2D eigenvalue weighted by Gasteiger charge is 2.33. The van der Waals surface area contributed by atoms with Crippen LogP contribution in [0.15, 0.2) is 81.2 Å². The highest BCUT2D eigenvalue weighted by atomic mass is 32.2. The second-order valence-corrected chi connectivity index (χ2v) is 8.87. The zero-order valence-corrected chi connectivity index (χ0v) is 19.5. The Hall–Kier alpha value is -3.89. The molecule has 34 heavy (non-hydrogen) atoms. The number of rotatable bonds is 6.